The minimum absolute atomic E-state index is 0.0669. The number of nitrogens with zero attached hydrogens (tertiary/aromatic N) is 3. The average Bonchev–Trinajstić information content (AvgIpc) is 3.01. The van der Waals surface area contributed by atoms with Crippen molar-refractivity contribution in [2.75, 3.05) is 17.7 Å². The summed E-state index contributed by atoms with van der Waals surface area (Å²) >= 11 is 1.15. The molecule has 0 spiro atoms. The summed E-state index contributed by atoms with van der Waals surface area (Å²) in [5, 5.41) is 12.9. The number of nitrogen functional groups attached to an aromatic ring is 1. The molecule has 26 heavy (non-hydrogen) atoms. The Balaban J connectivity index is 1.89. The van der Waals surface area contributed by atoms with E-state index in [1.165, 1.54) is 12.1 Å². The maximum atomic E-state index is 13.8. The van der Waals surface area contributed by atoms with Crippen molar-refractivity contribution in [3.8, 4) is 0 Å². The predicted molar refractivity (Wildman–Crippen MR) is 96.8 cm³/mol. The summed E-state index contributed by atoms with van der Waals surface area (Å²) in [6, 6.07) is 3.83. The van der Waals surface area contributed by atoms with Crippen LogP contribution in [0.2, 0.25) is 0 Å². The first kappa shape index (κ1) is 18.3. The second kappa shape index (κ2) is 7.83. The first-order valence-corrected chi connectivity index (χ1v) is 8.96. The number of imidazole rings is 1. The van der Waals surface area contributed by atoms with Crippen LogP contribution in [0.4, 0.5) is 20.5 Å². The maximum absolute atomic E-state index is 13.8. The van der Waals surface area contributed by atoms with Crippen LogP contribution >= 0.6 is 11.8 Å². The summed E-state index contributed by atoms with van der Waals surface area (Å²) in [6.45, 7) is 1.86. The third-order valence-electron chi connectivity index (χ3n) is 3.79. The fourth-order valence-corrected chi connectivity index (χ4v) is 3.15. The Bertz CT molecular complexity index is 915. The highest BCUT2D eigenvalue weighted by Crippen LogP contribution is 2.27. The van der Waals surface area contributed by atoms with Crippen molar-refractivity contribution >= 4 is 34.7 Å². The Hall–Kier alpha value is -2.46. The van der Waals surface area contributed by atoms with Crippen LogP contribution in [0.3, 0.4) is 0 Å². The van der Waals surface area contributed by atoms with E-state index in [-0.39, 0.29) is 29.9 Å². The second-order valence-corrected chi connectivity index (χ2v) is 6.55. The highest BCUT2D eigenvalue weighted by molar-refractivity contribution is 7.98. The van der Waals surface area contributed by atoms with Gasteiger partial charge < -0.3 is 21.1 Å². The van der Waals surface area contributed by atoms with Gasteiger partial charge in [-0.05, 0) is 12.5 Å². The number of fused-ring (bicyclic) bond motifs is 1. The van der Waals surface area contributed by atoms with Gasteiger partial charge in [-0.2, -0.15) is 4.98 Å². The van der Waals surface area contributed by atoms with E-state index in [1.807, 2.05) is 6.92 Å². The number of anilines is 2. The van der Waals surface area contributed by atoms with Gasteiger partial charge in [-0.25, -0.2) is 18.7 Å². The topological polar surface area (TPSA) is 113 Å². The second-order valence-electron chi connectivity index (χ2n) is 5.61. The van der Waals surface area contributed by atoms with Crippen molar-refractivity contribution in [1.82, 2.24) is 19.9 Å². The fourth-order valence-electron chi connectivity index (χ4n) is 2.34. The zero-order chi connectivity index (χ0) is 18.7. The molecule has 0 aliphatic carbocycles. The SMILES string of the molecule is CC[C@H](CO)Nc1nc(SCc2cccc(F)c2F)nc2nc(N)[nH]c12. The van der Waals surface area contributed by atoms with Crippen molar-refractivity contribution in [1.29, 1.82) is 0 Å². The molecule has 0 bridgehead atoms. The van der Waals surface area contributed by atoms with E-state index in [4.69, 9.17) is 5.73 Å². The molecule has 3 rings (SSSR count). The Morgan fingerprint density at radius 1 is 1.31 bits per heavy atom. The largest absolute Gasteiger partial charge is 0.394 e. The van der Waals surface area contributed by atoms with Gasteiger partial charge in [0.2, 0.25) is 0 Å². The van der Waals surface area contributed by atoms with E-state index in [2.05, 4.69) is 25.3 Å². The quantitative estimate of drug-likeness (QED) is 0.368. The van der Waals surface area contributed by atoms with E-state index < -0.39 is 11.6 Å². The number of aromatic nitrogens is 4. The molecule has 10 heteroatoms. The molecule has 0 aliphatic rings. The van der Waals surface area contributed by atoms with Crippen molar-refractivity contribution in [3.05, 3.63) is 35.4 Å². The van der Waals surface area contributed by atoms with Gasteiger partial charge >= 0.3 is 0 Å². The zero-order valence-corrected chi connectivity index (χ0v) is 14.8. The van der Waals surface area contributed by atoms with Crippen LogP contribution in [0, 0.1) is 11.6 Å². The minimum atomic E-state index is -0.893. The Kier molecular flexibility index (Phi) is 5.52. The van der Waals surface area contributed by atoms with Crippen LogP contribution in [0.25, 0.3) is 11.2 Å². The standard InChI is InChI=1S/C16H18F2N6OS/c1-2-9(6-25)20-13-12-14(22-15(19)21-12)24-16(23-13)26-7-8-4-3-5-10(17)11(8)18/h3-5,9,25H,2,6-7H2,1H3,(H4,19,20,21,22,23,24)/t9-/m1/s1. The van der Waals surface area contributed by atoms with Crippen molar-refractivity contribution in [3.63, 3.8) is 0 Å². The third-order valence-corrected chi connectivity index (χ3v) is 4.69. The number of aromatic amines is 1. The fraction of sp³-hybridized carbons (Fsp3) is 0.312. The van der Waals surface area contributed by atoms with Crippen molar-refractivity contribution in [2.45, 2.75) is 30.3 Å². The molecule has 138 valence electrons. The number of benzene rings is 1. The summed E-state index contributed by atoms with van der Waals surface area (Å²) in [7, 11) is 0. The number of H-pyrrole nitrogens is 1. The molecule has 0 radical (unpaired) electrons. The third kappa shape index (κ3) is 3.86. The summed E-state index contributed by atoms with van der Waals surface area (Å²) in [5.74, 6) is -0.980. The molecular formula is C16H18F2N6OS. The Morgan fingerprint density at radius 3 is 2.85 bits per heavy atom. The molecule has 5 N–H and O–H groups in total. The van der Waals surface area contributed by atoms with Gasteiger partial charge in [0.25, 0.3) is 0 Å². The summed E-state index contributed by atoms with van der Waals surface area (Å²) in [6.07, 6.45) is 0.683. The van der Waals surface area contributed by atoms with Gasteiger partial charge in [-0.15, -0.1) is 0 Å². The maximum Gasteiger partial charge on any atom is 0.200 e. The molecular weight excluding hydrogens is 362 g/mol. The normalized spacial score (nSPS) is 12.5. The van der Waals surface area contributed by atoms with Crippen molar-refractivity contribution in [2.24, 2.45) is 0 Å². The van der Waals surface area contributed by atoms with Crippen LogP contribution in [0.15, 0.2) is 23.4 Å². The Labute approximate surface area is 152 Å². The number of rotatable bonds is 7. The molecule has 2 heterocycles. The van der Waals surface area contributed by atoms with Gasteiger partial charge in [-0.3, -0.25) is 0 Å². The molecule has 0 unspecified atom stereocenters. The molecule has 0 aliphatic heterocycles. The molecule has 1 atom stereocenters. The Morgan fingerprint density at radius 2 is 2.12 bits per heavy atom. The summed E-state index contributed by atoms with van der Waals surface area (Å²) in [4.78, 5) is 15.7. The molecule has 7 nitrogen and oxygen atoms in total. The van der Waals surface area contributed by atoms with E-state index in [0.717, 1.165) is 17.8 Å². The molecule has 2 aromatic heterocycles. The van der Waals surface area contributed by atoms with E-state index >= 15 is 0 Å². The number of aliphatic hydroxyl groups is 1. The van der Waals surface area contributed by atoms with Gasteiger partial charge in [0.1, 0.15) is 5.52 Å². The zero-order valence-electron chi connectivity index (χ0n) is 14.0. The number of aliphatic hydroxyl groups excluding tert-OH is 1. The van der Waals surface area contributed by atoms with Gasteiger partial charge in [0.05, 0.1) is 12.6 Å². The van der Waals surface area contributed by atoms with Crippen LogP contribution in [-0.4, -0.2) is 37.7 Å². The van der Waals surface area contributed by atoms with E-state index in [1.54, 1.807) is 0 Å². The minimum Gasteiger partial charge on any atom is -0.394 e. The first-order chi connectivity index (χ1) is 12.5. The molecule has 0 amide bonds. The molecule has 0 fully saturated rings. The van der Waals surface area contributed by atoms with E-state index in [0.29, 0.717) is 28.6 Å². The van der Waals surface area contributed by atoms with Gasteiger partial charge in [0.15, 0.2) is 34.2 Å². The number of hydrogen-bond donors (Lipinski definition) is 4. The summed E-state index contributed by atoms with van der Waals surface area (Å²) in [5.41, 5.74) is 6.80. The number of thioether (sulfide) groups is 1. The first-order valence-electron chi connectivity index (χ1n) is 7.98. The van der Waals surface area contributed by atoms with Crippen molar-refractivity contribution < 1.29 is 13.9 Å². The number of hydrogen-bond acceptors (Lipinski definition) is 7. The lowest BCUT2D eigenvalue weighted by atomic mass is 10.2. The lowest BCUT2D eigenvalue weighted by Crippen LogP contribution is -2.23. The van der Waals surface area contributed by atoms with Crippen LogP contribution in [0.1, 0.15) is 18.9 Å². The molecule has 0 saturated heterocycles. The van der Waals surface area contributed by atoms with Gasteiger partial charge in [0, 0.05) is 11.3 Å². The van der Waals surface area contributed by atoms with E-state index in [9.17, 15) is 13.9 Å². The average molecular weight is 380 g/mol. The molecule has 1 aromatic carbocycles. The van der Waals surface area contributed by atoms with Gasteiger partial charge in [-0.1, -0.05) is 30.8 Å². The highest BCUT2D eigenvalue weighted by atomic mass is 32.2. The predicted octanol–water partition coefficient (Wildman–Crippen LogP) is 2.69. The molecule has 0 saturated carbocycles. The monoisotopic (exact) mass is 380 g/mol. The molecule has 3 aromatic rings. The number of nitrogens with one attached hydrogen (secondary N) is 2. The highest BCUT2D eigenvalue weighted by Gasteiger charge is 2.16. The van der Waals surface area contributed by atoms with Crippen LogP contribution in [0.5, 0.6) is 0 Å². The smallest absolute Gasteiger partial charge is 0.200 e. The summed E-state index contributed by atoms with van der Waals surface area (Å²) < 4.78 is 27.1. The van der Waals surface area contributed by atoms with Crippen LogP contribution < -0.4 is 11.1 Å². The lowest BCUT2D eigenvalue weighted by molar-refractivity contribution is 0.271. The van der Waals surface area contributed by atoms with Crippen LogP contribution in [-0.2, 0) is 5.75 Å². The lowest BCUT2D eigenvalue weighted by Gasteiger charge is -2.15. The number of halogens is 2. The number of nitrogens with two attached hydrogens (primary N) is 1.